The number of hydrogen-bond acceptors (Lipinski definition) is 5. The first-order valence-electron chi connectivity index (χ1n) is 9.37. The fraction of sp³-hybridized carbons (Fsp3) is 0.333. The van der Waals surface area contributed by atoms with Gasteiger partial charge in [0.2, 0.25) is 0 Å². The summed E-state index contributed by atoms with van der Waals surface area (Å²) in [5.74, 6) is 0.935. The Hall–Kier alpha value is -1.81. The Morgan fingerprint density at radius 1 is 1.31 bits per heavy atom. The maximum Gasteiger partial charge on any atom is 0.299 e. The Labute approximate surface area is 180 Å². The van der Waals surface area contributed by atoms with Crippen molar-refractivity contribution in [3.63, 3.8) is 0 Å². The van der Waals surface area contributed by atoms with Crippen LogP contribution in [0.3, 0.4) is 0 Å². The highest BCUT2D eigenvalue weighted by atomic mass is 35.7. The van der Waals surface area contributed by atoms with Crippen molar-refractivity contribution < 1.29 is 8.42 Å². The first-order valence-corrected chi connectivity index (χ1v) is 12.0. The van der Waals surface area contributed by atoms with Crippen LogP contribution in [-0.4, -0.2) is 54.8 Å². The van der Waals surface area contributed by atoms with Crippen LogP contribution in [0.2, 0.25) is 5.02 Å². The van der Waals surface area contributed by atoms with Crippen LogP contribution in [0.4, 0.5) is 5.82 Å². The van der Waals surface area contributed by atoms with Crippen LogP contribution in [0.25, 0.3) is 16.9 Å². The molecule has 29 heavy (non-hydrogen) atoms. The molecule has 7 nitrogen and oxygen atoms in total. The lowest BCUT2D eigenvalue weighted by atomic mass is 9.99. The van der Waals surface area contributed by atoms with Crippen LogP contribution in [0.15, 0.2) is 36.5 Å². The third-order valence-corrected chi connectivity index (χ3v) is 7.02. The first-order chi connectivity index (χ1) is 13.8. The van der Waals surface area contributed by atoms with Crippen LogP contribution in [0.1, 0.15) is 12.8 Å². The largest absolute Gasteiger partial charge is 0.370 e. The van der Waals surface area contributed by atoms with Crippen LogP contribution >= 0.6 is 22.3 Å². The van der Waals surface area contributed by atoms with Crippen molar-refractivity contribution in [1.82, 2.24) is 18.9 Å². The first kappa shape index (κ1) is 20.5. The number of fused-ring (bicyclic) bond motifs is 1. The Morgan fingerprint density at radius 2 is 2.10 bits per heavy atom. The van der Waals surface area contributed by atoms with E-state index in [0.29, 0.717) is 24.7 Å². The Kier molecular flexibility index (Phi) is 5.75. The molecule has 0 bridgehead atoms. The predicted molar refractivity (Wildman–Crippen MR) is 119 cm³/mol. The van der Waals surface area contributed by atoms with Gasteiger partial charge in [0.25, 0.3) is 9.24 Å². The summed E-state index contributed by atoms with van der Waals surface area (Å²) in [4.78, 5) is 4.74. The van der Waals surface area contributed by atoms with Gasteiger partial charge in [0.05, 0.1) is 5.69 Å². The topological polar surface area (TPSA) is 79.6 Å². The van der Waals surface area contributed by atoms with E-state index in [1.54, 1.807) is 10.7 Å². The average molecular weight is 452 g/mol. The van der Waals surface area contributed by atoms with E-state index in [1.807, 2.05) is 38.2 Å². The summed E-state index contributed by atoms with van der Waals surface area (Å²) in [7, 11) is 3.79. The third kappa shape index (κ3) is 4.38. The summed E-state index contributed by atoms with van der Waals surface area (Å²) in [6.07, 6.45) is 3.49. The van der Waals surface area contributed by atoms with E-state index < -0.39 is 9.24 Å². The predicted octanol–water partition coefficient (Wildman–Crippen LogP) is 1.92. The Balaban J connectivity index is 1.62. The maximum absolute atomic E-state index is 11.7. The molecule has 1 aromatic carbocycles. The van der Waals surface area contributed by atoms with E-state index in [-0.39, 0.29) is 5.92 Å². The molecule has 1 aliphatic rings. The van der Waals surface area contributed by atoms with Crippen molar-refractivity contribution >= 4 is 56.3 Å². The zero-order chi connectivity index (χ0) is 20.6. The molecule has 2 aromatic heterocycles. The summed E-state index contributed by atoms with van der Waals surface area (Å²) in [6, 6.07) is 9.49. The number of hydrogen-bond donors (Lipinski definition) is 1. The molecule has 1 saturated heterocycles. The van der Waals surface area contributed by atoms with Crippen molar-refractivity contribution in [2.24, 2.45) is 5.92 Å². The van der Waals surface area contributed by atoms with Crippen molar-refractivity contribution in [3.8, 4) is 11.3 Å². The highest BCUT2D eigenvalue weighted by Gasteiger charge is 2.27. The summed E-state index contributed by atoms with van der Waals surface area (Å²) in [5.41, 5.74) is 3.30. The van der Waals surface area contributed by atoms with Gasteiger partial charge < -0.3 is 5.32 Å². The standard InChI is InChI=1S/C18H20BCl2N5O2S/c19-14-10-23-26-17(22-9-12-4-3-7-25(11-12)29(21,27)28)8-16(24-18(14)26)13-5-1-2-6-15(13)20/h1-2,5-6,8,10,12,22H,3-4,7,9,11,19H2. The van der Waals surface area contributed by atoms with Crippen LogP contribution in [0.5, 0.6) is 0 Å². The number of anilines is 1. The molecule has 152 valence electrons. The van der Waals surface area contributed by atoms with E-state index in [4.69, 9.17) is 27.3 Å². The average Bonchev–Trinajstić information content (AvgIpc) is 3.07. The molecule has 1 fully saturated rings. The van der Waals surface area contributed by atoms with Gasteiger partial charge >= 0.3 is 0 Å². The van der Waals surface area contributed by atoms with E-state index in [1.165, 1.54) is 4.31 Å². The van der Waals surface area contributed by atoms with Crippen LogP contribution < -0.4 is 10.8 Å². The maximum atomic E-state index is 11.7. The molecule has 1 atom stereocenters. The number of benzene rings is 1. The van der Waals surface area contributed by atoms with Gasteiger partial charge in [-0.1, -0.05) is 29.8 Å². The fourth-order valence-electron chi connectivity index (χ4n) is 3.65. The van der Waals surface area contributed by atoms with E-state index in [0.717, 1.165) is 41.0 Å². The van der Waals surface area contributed by atoms with Gasteiger partial charge in [-0.2, -0.15) is 22.3 Å². The van der Waals surface area contributed by atoms with Gasteiger partial charge in [-0.3, -0.25) is 0 Å². The highest BCUT2D eigenvalue weighted by molar-refractivity contribution is 8.11. The molecule has 0 radical (unpaired) electrons. The third-order valence-electron chi connectivity index (χ3n) is 5.16. The normalized spacial score (nSPS) is 18.2. The molecular weight excluding hydrogens is 432 g/mol. The summed E-state index contributed by atoms with van der Waals surface area (Å²) in [5, 5.41) is 8.48. The Morgan fingerprint density at radius 3 is 2.86 bits per heavy atom. The monoisotopic (exact) mass is 451 g/mol. The smallest absolute Gasteiger partial charge is 0.299 e. The molecule has 0 spiro atoms. The molecule has 0 saturated carbocycles. The number of halogens is 2. The molecule has 3 heterocycles. The van der Waals surface area contributed by atoms with Gasteiger partial charge in [0.15, 0.2) is 5.65 Å². The number of nitrogens with zero attached hydrogens (tertiary/aromatic N) is 4. The second-order valence-electron chi connectivity index (χ2n) is 7.26. The second-order valence-corrected chi connectivity index (χ2v) is 10.2. The molecule has 3 aromatic rings. The van der Waals surface area contributed by atoms with Crippen molar-refractivity contribution in [2.45, 2.75) is 12.8 Å². The minimum absolute atomic E-state index is 0.154. The molecule has 0 amide bonds. The lowest BCUT2D eigenvalue weighted by molar-refractivity contribution is 0.279. The summed E-state index contributed by atoms with van der Waals surface area (Å²) >= 11 is 6.38. The molecule has 1 unspecified atom stereocenters. The molecule has 11 heteroatoms. The molecule has 1 N–H and O–H groups in total. The lowest BCUT2D eigenvalue weighted by Gasteiger charge is -2.30. The van der Waals surface area contributed by atoms with Gasteiger partial charge in [-0.15, -0.1) is 0 Å². The van der Waals surface area contributed by atoms with Gasteiger partial charge in [-0.25, -0.2) is 4.98 Å². The zero-order valence-corrected chi connectivity index (χ0v) is 18.2. The summed E-state index contributed by atoms with van der Waals surface area (Å²) in [6.45, 7) is 1.47. The van der Waals surface area contributed by atoms with Gasteiger partial charge in [0.1, 0.15) is 13.7 Å². The van der Waals surface area contributed by atoms with E-state index in [2.05, 4.69) is 10.4 Å². The van der Waals surface area contributed by atoms with Crippen molar-refractivity contribution in [1.29, 1.82) is 0 Å². The highest BCUT2D eigenvalue weighted by Crippen LogP contribution is 2.28. The number of aromatic nitrogens is 3. The van der Waals surface area contributed by atoms with Crippen LogP contribution in [0, 0.1) is 5.92 Å². The Bertz CT molecular complexity index is 1150. The van der Waals surface area contributed by atoms with E-state index in [9.17, 15) is 8.42 Å². The van der Waals surface area contributed by atoms with Gasteiger partial charge in [0, 0.05) is 53.2 Å². The zero-order valence-electron chi connectivity index (χ0n) is 15.8. The van der Waals surface area contributed by atoms with Crippen LogP contribution in [-0.2, 0) is 9.24 Å². The van der Waals surface area contributed by atoms with Crippen molar-refractivity contribution in [2.75, 3.05) is 25.0 Å². The summed E-state index contributed by atoms with van der Waals surface area (Å²) < 4.78 is 26.4. The quantitative estimate of drug-likeness (QED) is 0.473. The van der Waals surface area contributed by atoms with Gasteiger partial charge in [-0.05, 0) is 30.3 Å². The number of piperidine rings is 1. The number of nitrogens with one attached hydrogen (secondary N) is 1. The molecular formula is C18H20BCl2N5O2S. The lowest BCUT2D eigenvalue weighted by Crippen LogP contribution is -2.39. The molecule has 0 aliphatic carbocycles. The minimum Gasteiger partial charge on any atom is -0.370 e. The number of rotatable bonds is 5. The fourth-order valence-corrected chi connectivity index (χ4v) is 4.99. The molecule has 4 rings (SSSR count). The van der Waals surface area contributed by atoms with E-state index >= 15 is 0 Å². The second kappa shape index (κ2) is 8.14. The molecule has 1 aliphatic heterocycles. The van der Waals surface area contributed by atoms with Crippen molar-refractivity contribution in [3.05, 3.63) is 41.6 Å². The minimum atomic E-state index is -3.69. The SMILES string of the molecule is Bc1cnn2c(NCC3CCCN(S(=O)(=O)Cl)C3)cc(-c3ccccc3Cl)nc12.